The molecule has 0 rings (SSSR count). The fraction of sp³-hybridized carbons (Fsp3) is 1.00. The summed E-state index contributed by atoms with van der Waals surface area (Å²) in [6, 6.07) is 0. The van der Waals surface area contributed by atoms with Gasteiger partial charge in [0.25, 0.3) is 10.2 Å². The zero-order valence-electron chi connectivity index (χ0n) is 8.21. The zero-order chi connectivity index (χ0) is 10.3. The summed E-state index contributed by atoms with van der Waals surface area (Å²) in [6.07, 6.45) is 1.77. The lowest BCUT2D eigenvalue weighted by molar-refractivity contribution is 0.512. The minimum atomic E-state index is -3.26. The molecule has 0 fully saturated rings. The molecule has 0 aliphatic heterocycles. The lowest BCUT2D eigenvalue weighted by Gasteiger charge is -2.08. The highest BCUT2D eigenvalue weighted by Crippen LogP contribution is 2.01. The topological polar surface area (TPSA) is 84.2 Å². The highest BCUT2D eigenvalue weighted by Gasteiger charge is 2.04. The van der Waals surface area contributed by atoms with Gasteiger partial charge in [-0.05, 0) is 25.3 Å². The second kappa shape index (κ2) is 6.31. The second-order valence-electron chi connectivity index (χ2n) is 3.09. The maximum Gasteiger partial charge on any atom is 0.276 e. The summed E-state index contributed by atoms with van der Waals surface area (Å²) in [5, 5.41) is 0. The molecular weight excluding hydrogens is 190 g/mol. The molecule has 13 heavy (non-hydrogen) atoms. The molecule has 0 heterocycles. The van der Waals surface area contributed by atoms with Gasteiger partial charge in [0.1, 0.15) is 0 Å². The summed E-state index contributed by atoms with van der Waals surface area (Å²) in [7, 11) is -1.88. The van der Waals surface area contributed by atoms with Crippen LogP contribution in [0.2, 0.25) is 0 Å². The van der Waals surface area contributed by atoms with E-state index >= 15 is 0 Å². The summed E-state index contributed by atoms with van der Waals surface area (Å²) in [6.45, 7) is 3.17. The summed E-state index contributed by atoms with van der Waals surface area (Å²) >= 11 is 0. The molecule has 0 aromatic carbocycles. The predicted molar refractivity (Wildman–Crippen MR) is 53.4 cm³/mol. The van der Waals surface area contributed by atoms with Crippen LogP contribution in [0.1, 0.15) is 19.8 Å². The van der Waals surface area contributed by atoms with Gasteiger partial charge in [0.2, 0.25) is 0 Å². The van der Waals surface area contributed by atoms with Gasteiger partial charge in [0, 0.05) is 13.6 Å². The third-order valence-corrected chi connectivity index (χ3v) is 2.96. The van der Waals surface area contributed by atoms with Crippen molar-refractivity contribution in [1.82, 2.24) is 9.44 Å². The standard InChI is InChI=1S/C7H19N3O2S/c1-7(6-8)4-3-5-10-13(11,12)9-2/h7,9-10H,3-6,8H2,1-2H3. The van der Waals surface area contributed by atoms with Crippen molar-refractivity contribution in [1.29, 1.82) is 0 Å². The Balaban J connectivity index is 3.47. The number of hydrogen-bond donors (Lipinski definition) is 3. The van der Waals surface area contributed by atoms with Gasteiger partial charge in [-0.25, -0.2) is 9.44 Å². The Morgan fingerprint density at radius 3 is 2.54 bits per heavy atom. The molecule has 1 unspecified atom stereocenters. The van der Waals surface area contributed by atoms with Crippen LogP contribution < -0.4 is 15.2 Å². The summed E-state index contributed by atoms with van der Waals surface area (Å²) in [4.78, 5) is 0. The van der Waals surface area contributed by atoms with Crippen LogP contribution in [0.15, 0.2) is 0 Å². The Bertz CT molecular complexity index is 216. The molecule has 0 radical (unpaired) electrons. The Morgan fingerprint density at radius 2 is 2.08 bits per heavy atom. The van der Waals surface area contributed by atoms with Gasteiger partial charge in [-0.2, -0.15) is 8.42 Å². The molecule has 4 N–H and O–H groups in total. The van der Waals surface area contributed by atoms with Gasteiger partial charge in [0.15, 0.2) is 0 Å². The smallest absolute Gasteiger partial charge is 0.276 e. The third-order valence-electron chi connectivity index (χ3n) is 1.84. The van der Waals surface area contributed by atoms with Gasteiger partial charge in [-0.1, -0.05) is 6.92 Å². The second-order valence-corrected chi connectivity index (χ2v) is 4.79. The van der Waals surface area contributed by atoms with E-state index in [4.69, 9.17) is 5.73 Å². The molecule has 0 spiro atoms. The maximum atomic E-state index is 10.9. The first-order chi connectivity index (χ1) is 6.02. The van der Waals surface area contributed by atoms with Crippen molar-refractivity contribution in [3.63, 3.8) is 0 Å². The number of rotatable bonds is 7. The Labute approximate surface area is 80.3 Å². The van der Waals surface area contributed by atoms with Crippen LogP contribution in [0.25, 0.3) is 0 Å². The predicted octanol–water partition coefficient (Wildman–Crippen LogP) is -0.585. The average Bonchev–Trinajstić information content (AvgIpc) is 2.12. The SMILES string of the molecule is CNS(=O)(=O)NCCCC(C)CN. The average molecular weight is 209 g/mol. The fourth-order valence-electron chi connectivity index (χ4n) is 0.847. The molecule has 0 aliphatic rings. The third kappa shape index (κ3) is 6.94. The monoisotopic (exact) mass is 209 g/mol. The highest BCUT2D eigenvalue weighted by molar-refractivity contribution is 7.87. The molecule has 80 valence electrons. The van der Waals surface area contributed by atoms with E-state index in [1.54, 1.807) is 0 Å². The van der Waals surface area contributed by atoms with Crippen LogP contribution in [-0.4, -0.2) is 28.6 Å². The van der Waals surface area contributed by atoms with E-state index in [1.165, 1.54) is 7.05 Å². The Kier molecular flexibility index (Phi) is 6.23. The zero-order valence-corrected chi connectivity index (χ0v) is 9.02. The largest absolute Gasteiger partial charge is 0.330 e. The highest BCUT2D eigenvalue weighted by atomic mass is 32.2. The van der Waals surface area contributed by atoms with Crippen molar-refractivity contribution in [2.24, 2.45) is 11.7 Å². The van der Waals surface area contributed by atoms with Crippen molar-refractivity contribution in [3.05, 3.63) is 0 Å². The van der Waals surface area contributed by atoms with Crippen LogP contribution in [0, 0.1) is 5.92 Å². The molecule has 0 aromatic heterocycles. The van der Waals surface area contributed by atoms with E-state index in [0.717, 1.165) is 12.8 Å². The molecule has 1 atom stereocenters. The van der Waals surface area contributed by atoms with Crippen LogP contribution in [-0.2, 0) is 10.2 Å². The van der Waals surface area contributed by atoms with Crippen molar-refractivity contribution in [3.8, 4) is 0 Å². The van der Waals surface area contributed by atoms with Crippen molar-refractivity contribution in [2.75, 3.05) is 20.1 Å². The van der Waals surface area contributed by atoms with Gasteiger partial charge >= 0.3 is 0 Å². The normalized spacial score (nSPS) is 14.4. The van der Waals surface area contributed by atoms with E-state index in [2.05, 4.69) is 9.44 Å². The molecule has 5 nitrogen and oxygen atoms in total. The molecule has 0 amide bonds. The first-order valence-corrected chi connectivity index (χ1v) is 5.88. The van der Waals surface area contributed by atoms with Gasteiger partial charge in [0.05, 0.1) is 0 Å². The van der Waals surface area contributed by atoms with Gasteiger partial charge in [-0.15, -0.1) is 0 Å². The number of nitrogens with one attached hydrogen (secondary N) is 2. The molecule has 0 saturated heterocycles. The Hall–Kier alpha value is -0.170. The van der Waals surface area contributed by atoms with E-state index in [-0.39, 0.29) is 0 Å². The fourth-order valence-corrected chi connectivity index (χ4v) is 1.40. The Morgan fingerprint density at radius 1 is 1.46 bits per heavy atom. The number of nitrogens with two attached hydrogens (primary N) is 1. The quantitative estimate of drug-likeness (QED) is 0.490. The van der Waals surface area contributed by atoms with Crippen LogP contribution in [0.5, 0.6) is 0 Å². The molecule has 0 bridgehead atoms. The van der Waals surface area contributed by atoms with E-state index < -0.39 is 10.2 Å². The van der Waals surface area contributed by atoms with Gasteiger partial charge < -0.3 is 5.73 Å². The van der Waals surface area contributed by atoms with E-state index in [9.17, 15) is 8.42 Å². The molecule has 0 saturated carbocycles. The summed E-state index contributed by atoms with van der Waals surface area (Å²) in [5.41, 5.74) is 5.42. The van der Waals surface area contributed by atoms with Crippen LogP contribution >= 0.6 is 0 Å². The van der Waals surface area contributed by atoms with Gasteiger partial charge in [-0.3, -0.25) is 0 Å². The van der Waals surface area contributed by atoms with Crippen molar-refractivity contribution in [2.45, 2.75) is 19.8 Å². The molecular formula is C7H19N3O2S. The van der Waals surface area contributed by atoms with Crippen molar-refractivity contribution >= 4 is 10.2 Å². The van der Waals surface area contributed by atoms with Crippen LogP contribution in [0.4, 0.5) is 0 Å². The van der Waals surface area contributed by atoms with E-state index in [0.29, 0.717) is 19.0 Å². The molecule has 0 aromatic rings. The first-order valence-electron chi connectivity index (χ1n) is 4.40. The lowest BCUT2D eigenvalue weighted by Crippen LogP contribution is -2.34. The van der Waals surface area contributed by atoms with Crippen molar-refractivity contribution < 1.29 is 8.42 Å². The number of hydrogen-bond acceptors (Lipinski definition) is 3. The first kappa shape index (κ1) is 12.8. The summed E-state index contributed by atoms with van der Waals surface area (Å²) in [5.74, 6) is 0.457. The van der Waals surface area contributed by atoms with E-state index in [1.807, 2.05) is 6.92 Å². The lowest BCUT2D eigenvalue weighted by atomic mass is 10.1. The molecule has 6 heteroatoms. The minimum absolute atomic E-state index is 0.457. The maximum absolute atomic E-state index is 10.9. The van der Waals surface area contributed by atoms with Crippen LogP contribution in [0.3, 0.4) is 0 Å². The summed E-state index contributed by atoms with van der Waals surface area (Å²) < 4.78 is 26.3. The molecule has 0 aliphatic carbocycles. The minimum Gasteiger partial charge on any atom is -0.330 e.